The molecule has 4 heteroatoms. The van der Waals surface area contributed by atoms with Crippen molar-refractivity contribution in [3.63, 3.8) is 0 Å². The third-order valence-electron chi connectivity index (χ3n) is 2.44. The van der Waals surface area contributed by atoms with Crippen molar-refractivity contribution >= 4 is 17.3 Å². The number of benzene rings is 1. The van der Waals surface area contributed by atoms with Crippen molar-refractivity contribution in [3.05, 3.63) is 24.3 Å². The topological polar surface area (TPSA) is 41.6 Å². The Morgan fingerprint density at radius 1 is 1.32 bits per heavy atom. The number of nitrogens with one attached hydrogen (secondary N) is 1. The maximum Gasteiger partial charge on any atom is 0.308 e. The van der Waals surface area contributed by atoms with Crippen LogP contribution in [0.25, 0.3) is 0 Å². The first-order valence-corrected chi connectivity index (χ1v) is 6.51. The molecule has 1 aromatic carbocycles. The summed E-state index contributed by atoms with van der Waals surface area (Å²) in [4.78, 5) is 13.6. The van der Waals surface area contributed by atoms with Gasteiger partial charge in [0.25, 0.3) is 0 Å². The predicted molar refractivity (Wildman–Crippen MR) is 79.7 cm³/mol. The van der Waals surface area contributed by atoms with Crippen molar-refractivity contribution in [2.75, 3.05) is 30.9 Å². The van der Waals surface area contributed by atoms with Crippen LogP contribution in [-0.4, -0.2) is 32.2 Å². The number of anilines is 2. The zero-order valence-corrected chi connectivity index (χ0v) is 12.5. The largest absolute Gasteiger partial charge is 0.460 e. The average molecular weight is 264 g/mol. The third kappa shape index (κ3) is 6.13. The van der Waals surface area contributed by atoms with E-state index in [-0.39, 0.29) is 5.97 Å². The van der Waals surface area contributed by atoms with Crippen LogP contribution in [0.5, 0.6) is 0 Å². The quantitative estimate of drug-likeness (QED) is 0.830. The molecule has 0 radical (unpaired) electrons. The van der Waals surface area contributed by atoms with E-state index >= 15 is 0 Å². The Balaban J connectivity index is 2.41. The molecule has 0 aliphatic heterocycles. The molecule has 0 unspecified atom stereocenters. The summed E-state index contributed by atoms with van der Waals surface area (Å²) in [5, 5.41) is 3.23. The van der Waals surface area contributed by atoms with Crippen LogP contribution in [0.1, 0.15) is 27.2 Å². The van der Waals surface area contributed by atoms with E-state index in [1.807, 2.05) is 58.0 Å². The first-order valence-electron chi connectivity index (χ1n) is 6.51. The van der Waals surface area contributed by atoms with Crippen LogP contribution in [0.15, 0.2) is 24.3 Å². The fourth-order valence-corrected chi connectivity index (χ4v) is 1.60. The van der Waals surface area contributed by atoms with Gasteiger partial charge >= 0.3 is 5.97 Å². The van der Waals surface area contributed by atoms with Gasteiger partial charge < -0.3 is 15.0 Å². The molecule has 0 saturated carbocycles. The monoisotopic (exact) mass is 264 g/mol. The summed E-state index contributed by atoms with van der Waals surface area (Å²) in [5.41, 5.74) is 1.72. The standard InChI is InChI=1S/C15H24N2O2/c1-15(2,3)19-14(18)9-10-16-12-7-6-8-13(11-12)17(4)5/h6-8,11,16H,9-10H2,1-5H3. The molecule has 19 heavy (non-hydrogen) atoms. The molecule has 0 fully saturated rings. The van der Waals surface area contributed by atoms with Crippen molar-refractivity contribution in [3.8, 4) is 0 Å². The van der Waals surface area contributed by atoms with E-state index in [4.69, 9.17) is 4.74 Å². The highest BCUT2D eigenvalue weighted by Crippen LogP contribution is 2.17. The molecule has 0 saturated heterocycles. The number of rotatable bonds is 5. The van der Waals surface area contributed by atoms with Crippen LogP contribution in [0.3, 0.4) is 0 Å². The molecule has 0 aromatic heterocycles. The van der Waals surface area contributed by atoms with Crippen LogP contribution in [0.2, 0.25) is 0 Å². The van der Waals surface area contributed by atoms with Crippen molar-refractivity contribution < 1.29 is 9.53 Å². The fourth-order valence-electron chi connectivity index (χ4n) is 1.60. The van der Waals surface area contributed by atoms with Gasteiger partial charge in [0.1, 0.15) is 5.60 Å². The minimum Gasteiger partial charge on any atom is -0.460 e. The zero-order chi connectivity index (χ0) is 14.5. The molecule has 1 rings (SSSR count). The Morgan fingerprint density at radius 3 is 2.58 bits per heavy atom. The third-order valence-corrected chi connectivity index (χ3v) is 2.44. The van der Waals surface area contributed by atoms with Crippen molar-refractivity contribution in [1.29, 1.82) is 0 Å². The first-order chi connectivity index (χ1) is 8.78. The molecule has 1 N–H and O–H groups in total. The molecule has 0 bridgehead atoms. The molecule has 4 nitrogen and oxygen atoms in total. The first kappa shape index (κ1) is 15.3. The summed E-state index contributed by atoms with van der Waals surface area (Å²) in [5.74, 6) is -0.177. The van der Waals surface area contributed by atoms with Crippen LogP contribution in [0, 0.1) is 0 Å². The molecule has 1 aromatic rings. The van der Waals surface area contributed by atoms with Crippen LogP contribution in [0.4, 0.5) is 11.4 Å². The summed E-state index contributed by atoms with van der Waals surface area (Å²) < 4.78 is 5.25. The van der Waals surface area contributed by atoms with Gasteiger partial charge in [0.05, 0.1) is 6.42 Å². The highest BCUT2D eigenvalue weighted by molar-refractivity contribution is 5.70. The van der Waals surface area contributed by atoms with Gasteiger partial charge in [-0.1, -0.05) is 6.07 Å². The molecular weight excluding hydrogens is 240 g/mol. The summed E-state index contributed by atoms with van der Waals surface area (Å²) in [6.45, 7) is 6.20. The van der Waals surface area contributed by atoms with Gasteiger partial charge in [-0.25, -0.2) is 0 Å². The molecule has 106 valence electrons. The Hall–Kier alpha value is -1.71. The summed E-state index contributed by atoms with van der Waals surface area (Å²) >= 11 is 0. The number of hydrogen-bond donors (Lipinski definition) is 1. The van der Waals surface area contributed by atoms with Gasteiger partial charge in [-0.15, -0.1) is 0 Å². The van der Waals surface area contributed by atoms with E-state index in [2.05, 4.69) is 11.4 Å². The Kier molecular flexibility index (Phi) is 5.21. The lowest BCUT2D eigenvalue weighted by Gasteiger charge is -2.19. The fraction of sp³-hybridized carbons (Fsp3) is 0.533. The molecule has 0 spiro atoms. The molecular formula is C15H24N2O2. The maximum atomic E-state index is 11.6. The second-order valence-corrected chi connectivity index (χ2v) is 5.71. The molecule has 0 aliphatic carbocycles. The van der Waals surface area contributed by atoms with E-state index in [1.54, 1.807) is 0 Å². The van der Waals surface area contributed by atoms with Gasteiger partial charge in [-0.2, -0.15) is 0 Å². The molecule has 0 aliphatic rings. The smallest absolute Gasteiger partial charge is 0.308 e. The molecule has 0 heterocycles. The predicted octanol–water partition coefficient (Wildman–Crippen LogP) is 2.90. The highest BCUT2D eigenvalue weighted by atomic mass is 16.6. The minimum atomic E-state index is -0.415. The van der Waals surface area contributed by atoms with Gasteiger partial charge in [-0.3, -0.25) is 4.79 Å². The highest BCUT2D eigenvalue weighted by Gasteiger charge is 2.15. The van der Waals surface area contributed by atoms with E-state index < -0.39 is 5.60 Å². The second kappa shape index (κ2) is 6.45. The summed E-state index contributed by atoms with van der Waals surface area (Å²) in [6, 6.07) is 8.07. The average Bonchev–Trinajstić information content (AvgIpc) is 2.27. The SMILES string of the molecule is CN(C)c1cccc(NCCC(=O)OC(C)(C)C)c1. The zero-order valence-electron chi connectivity index (χ0n) is 12.5. The van der Waals surface area contributed by atoms with E-state index in [1.165, 1.54) is 0 Å². The molecule has 0 atom stereocenters. The number of hydrogen-bond acceptors (Lipinski definition) is 4. The molecule has 0 amide bonds. The number of nitrogens with zero attached hydrogens (tertiary/aromatic N) is 1. The Labute approximate surface area is 115 Å². The van der Waals surface area contributed by atoms with E-state index in [9.17, 15) is 4.79 Å². The number of carbonyl (C=O) groups excluding carboxylic acids is 1. The van der Waals surface area contributed by atoms with E-state index in [0.717, 1.165) is 11.4 Å². The van der Waals surface area contributed by atoms with Gasteiger partial charge in [0.15, 0.2) is 0 Å². The number of esters is 1. The van der Waals surface area contributed by atoms with Crippen molar-refractivity contribution in [1.82, 2.24) is 0 Å². The van der Waals surface area contributed by atoms with E-state index in [0.29, 0.717) is 13.0 Å². The van der Waals surface area contributed by atoms with Crippen LogP contribution < -0.4 is 10.2 Å². The van der Waals surface area contributed by atoms with Crippen LogP contribution in [-0.2, 0) is 9.53 Å². The normalized spacial score (nSPS) is 11.0. The lowest BCUT2D eigenvalue weighted by Crippen LogP contribution is -2.25. The minimum absolute atomic E-state index is 0.177. The lowest BCUT2D eigenvalue weighted by atomic mass is 10.2. The van der Waals surface area contributed by atoms with Gasteiger partial charge in [-0.05, 0) is 39.0 Å². The lowest BCUT2D eigenvalue weighted by molar-refractivity contribution is -0.154. The van der Waals surface area contributed by atoms with Crippen LogP contribution >= 0.6 is 0 Å². The Bertz CT molecular complexity index is 422. The van der Waals surface area contributed by atoms with Crippen molar-refractivity contribution in [2.45, 2.75) is 32.8 Å². The summed E-state index contributed by atoms with van der Waals surface area (Å²) in [7, 11) is 4.00. The van der Waals surface area contributed by atoms with Crippen molar-refractivity contribution in [2.24, 2.45) is 0 Å². The Morgan fingerprint density at radius 2 is 2.00 bits per heavy atom. The summed E-state index contributed by atoms with van der Waals surface area (Å²) in [6.07, 6.45) is 0.365. The number of ether oxygens (including phenoxy) is 1. The van der Waals surface area contributed by atoms with Gasteiger partial charge in [0.2, 0.25) is 0 Å². The second-order valence-electron chi connectivity index (χ2n) is 5.71. The van der Waals surface area contributed by atoms with Gasteiger partial charge in [0, 0.05) is 32.0 Å². The maximum absolute atomic E-state index is 11.6. The number of carbonyl (C=O) groups is 1.